The smallest absolute Gasteiger partial charge is 0.303 e. The van der Waals surface area contributed by atoms with Gasteiger partial charge in [0.1, 0.15) is 24.2 Å². The van der Waals surface area contributed by atoms with Crippen LogP contribution in [-0.2, 0) is 51.2 Å². The third kappa shape index (κ3) is 11.9. The SMILES string of the molecule is NC(=O)[C@H](CCC(=O)O)NC(=O)[C@H](Cc1c[nH]c2ccccc12)NC(=O)[C@H](CCC(=O)O)NC(=O)[C@H](Cc1c[nH]c2ccccc12)NC(=O)[C@@H](N)CCC(=O)O. The number of rotatable bonds is 22. The van der Waals surface area contributed by atoms with Crippen molar-refractivity contribution in [2.24, 2.45) is 11.5 Å². The molecular weight excluding hydrogens is 732 g/mol. The average Bonchev–Trinajstić information content (AvgIpc) is 3.76. The van der Waals surface area contributed by atoms with E-state index in [1.165, 1.54) is 0 Å². The van der Waals surface area contributed by atoms with E-state index in [2.05, 4.69) is 31.2 Å². The highest BCUT2D eigenvalue weighted by atomic mass is 16.4. The van der Waals surface area contributed by atoms with E-state index in [4.69, 9.17) is 21.7 Å². The van der Waals surface area contributed by atoms with Crippen LogP contribution in [0.2, 0.25) is 0 Å². The molecule has 19 heteroatoms. The van der Waals surface area contributed by atoms with E-state index in [0.29, 0.717) is 22.0 Å². The molecule has 0 aliphatic rings. The summed E-state index contributed by atoms with van der Waals surface area (Å²) in [7, 11) is 0. The predicted molar refractivity (Wildman–Crippen MR) is 200 cm³/mol. The maximum absolute atomic E-state index is 14.0. The Hall–Kier alpha value is -6.76. The molecule has 56 heavy (non-hydrogen) atoms. The van der Waals surface area contributed by atoms with Gasteiger partial charge in [0.15, 0.2) is 0 Å². The third-order valence-electron chi connectivity index (χ3n) is 9.06. The summed E-state index contributed by atoms with van der Waals surface area (Å²) in [5.74, 6) is -8.42. The summed E-state index contributed by atoms with van der Waals surface area (Å²) in [5, 5.41) is 39.1. The third-order valence-corrected chi connectivity index (χ3v) is 9.06. The molecule has 0 fully saturated rings. The van der Waals surface area contributed by atoms with Gasteiger partial charge in [0.2, 0.25) is 29.5 Å². The monoisotopic (exact) mass is 776 g/mol. The molecule has 4 aromatic rings. The van der Waals surface area contributed by atoms with Crippen LogP contribution in [0.25, 0.3) is 21.8 Å². The van der Waals surface area contributed by atoms with E-state index < -0.39 is 103 Å². The van der Waals surface area contributed by atoms with Gasteiger partial charge in [0, 0.05) is 66.3 Å². The molecule has 2 aromatic heterocycles. The molecule has 0 spiro atoms. The van der Waals surface area contributed by atoms with Crippen LogP contribution in [0.4, 0.5) is 0 Å². The number of amides is 5. The van der Waals surface area contributed by atoms with Crippen molar-refractivity contribution in [3.8, 4) is 0 Å². The van der Waals surface area contributed by atoms with E-state index in [-0.39, 0.29) is 25.7 Å². The zero-order chi connectivity index (χ0) is 40.9. The molecule has 0 aliphatic carbocycles. The number of H-pyrrole nitrogens is 2. The summed E-state index contributed by atoms with van der Waals surface area (Å²) in [6.45, 7) is 0. The lowest BCUT2D eigenvalue weighted by molar-refractivity contribution is -0.138. The van der Waals surface area contributed by atoms with Gasteiger partial charge in [0.25, 0.3) is 0 Å². The second kappa shape index (κ2) is 19.5. The molecule has 0 bridgehead atoms. The molecule has 0 saturated heterocycles. The Balaban J connectivity index is 1.63. The number of carbonyl (C=O) groups excluding carboxylic acids is 5. The van der Waals surface area contributed by atoms with Crippen molar-refractivity contribution < 1.29 is 53.7 Å². The first-order valence-corrected chi connectivity index (χ1v) is 17.6. The maximum atomic E-state index is 14.0. The molecular formula is C37H44N8O11. The first-order chi connectivity index (χ1) is 26.6. The summed E-state index contributed by atoms with van der Waals surface area (Å²) in [6, 6.07) is 7.06. The number of benzene rings is 2. The topological polar surface area (TPSA) is 329 Å². The lowest BCUT2D eigenvalue weighted by Crippen LogP contribution is -2.59. The molecule has 0 saturated carbocycles. The fraction of sp³-hybridized carbons (Fsp3) is 0.351. The normalized spacial score (nSPS) is 13.8. The second-order valence-corrected chi connectivity index (χ2v) is 13.2. The molecule has 0 unspecified atom stereocenters. The van der Waals surface area contributed by atoms with E-state index in [9.17, 15) is 43.5 Å². The van der Waals surface area contributed by atoms with Gasteiger partial charge >= 0.3 is 17.9 Å². The van der Waals surface area contributed by atoms with Gasteiger partial charge in [-0.1, -0.05) is 36.4 Å². The van der Waals surface area contributed by atoms with Crippen LogP contribution in [0.1, 0.15) is 49.7 Å². The van der Waals surface area contributed by atoms with Crippen LogP contribution in [0.15, 0.2) is 60.9 Å². The van der Waals surface area contributed by atoms with E-state index in [0.717, 1.165) is 10.9 Å². The Labute approximate surface area is 318 Å². The lowest BCUT2D eigenvalue weighted by Gasteiger charge is -2.26. The number of aromatic amines is 2. The minimum Gasteiger partial charge on any atom is -0.481 e. The summed E-state index contributed by atoms with van der Waals surface area (Å²) in [4.78, 5) is 107. The van der Waals surface area contributed by atoms with Gasteiger partial charge in [-0.3, -0.25) is 38.4 Å². The minimum atomic E-state index is -1.58. The predicted octanol–water partition coefficient (Wildman–Crippen LogP) is -0.219. The highest BCUT2D eigenvalue weighted by Crippen LogP contribution is 2.21. The van der Waals surface area contributed by atoms with Crippen molar-refractivity contribution in [1.82, 2.24) is 31.2 Å². The summed E-state index contributed by atoms with van der Waals surface area (Å²) >= 11 is 0. The van der Waals surface area contributed by atoms with Crippen molar-refractivity contribution in [3.63, 3.8) is 0 Å². The van der Waals surface area contributed by atoms with E-state index in [1.54, 1.807) is 60.9 Å². The van der Waals surface area contributed by atoms with Gasteiger partial charge < -0.3 is 58.0 Å². The zero-order valence-electron chi connectivity index (χ0n) is 30.1. The van der Waals surface area contributed by atoms with Crippen molar-refractivity contribution in [1.29, 1.82) is 0 Å². The number of fused-ring (bicyclic) bond motifs is 2. The Morgan fingerprint density at radius 1 is 0.536 bits per heavy atom. The molecule has 13 N–H and O–H groups in total. The van der Waals surface area contributed by atoms with Gasteiger partial charge in [-0.25, -0.2) is 0 Å². The number of nitrogens with one attached hydrogen (secondary N) is 6. The van der Waals surface area contributed by atoms with Gasteiger partial charge in [0.05, 0.1) is 6.04 Å². The van der Waals surface area contributed by atoms with Crippen molar-refractivity contribution >= 4 is 69.2 Å². The number of aromatic nitrogens is 2. The summed E-state index contributed by atoms with van der Waals surface area (Å²) in [5.41, 5.74) is 14.0. The molecule has 2 aromatic carbocycles. The number of para-hydroxylation sites is 2. The fourth-order valence-corrected chi connectivity index (χ4v) is 6.06. The van der Waals surface area contributed by atoms with Crippen molar-refractivity contribution in [2.75, 3.05) is 0 Å². The molecule has 5 atom stereocenters. The molecule has 2 heterocycles. The van der Waals surface area contributed by atoms with Gasteiger partial charge in [-0.2, -0.15) is 0 Å². The Kier molecular flexibility index (Phi) is 14.6. The number of hydrogen-bond donors (Lipinski definition) is 11. The molecule has 4 rings (SSSR count). The maximum Gasteiger partial charge on any atom is 0.303 e. The van der Waals surface area contributed by atoms with Crippen LogP contribution in [-0.4, -0.2) is 103 Å². The number of carboxylic acids is 3. The molecule has 0 aliphatic heterocycles. The molecule has 0 radical (unpaired) electrons. The Morgan fingerprint density at radius 3 is 1.38 bits per heavy atom. The largest absolute Gasteiger partial charge is 0.481 e. The quantitative estimate of drug-likeness (QED) is 0.0494. The number of carbonyl (C=O) groups is 8. The Bertz CT molecular complexity index is 2090. The number of carboxylic acid groups (broad SMARTS) is 3. The van der Waals surface area contributed by atoms with Crippen LogP contribution in [0.3, 0.4) is 0 Å². The highest BCUT2D eigenvalue weighted by molar-refractivity contribution is 5.97. The van der Waals surface area contributed by atoms with Gasteiger partial charge in [-0.05, 0) is 42.5 Å². The number of aliphatic carboxylic acids is 3. The number of hydrogen-bond acceptors (Lipinski definition) is 9. The lowest BCUT2D eigenvalue weighted by atomic mass is 10.0. The highest BCUT2D eigenvalue weighted by Gasteiger charge is 2.33. The summed E-state index contributed by atoms with van der Waals surface area (Å²) in [6.07, 6.45) is 0.379. The van der Waals surface area contributed by atoms with Crippen molar-refractivity contribution in [2.45, 2.75) is 81.6 Å². The van der Waals surface area contributed by atoms with Crippen molar-refractivity contribution in [3.05, 3.63) is 72.1 Å². The Morgan fingerprint density at radius 2 is 0.911 bits per heavy atom. The van der Waals surface area contributed by atoms with Crippen LogP contribution < -0.4 is 32.7 Å². The zero-order valence-corrected chi connectivity index (χ0v) is 30.1. The molecule has 298 valence electrons. The molecule has 5 amide bonds. The van der Waals surface area contributed by atoms with E-state index in [1.807, 2.05) is 0 Å². The number of primary amides is 1. The molecule has 19 nitrogen and oxygen atoms in total. The minimum absolute atomic E-state index is 0.128. The van der Waals surface area contributed by atoms with Crippen LogP contribution >= 0.6 is 0 Å². The van der Waals surface area contributed by atoms with E-state index >= 15 is 0 Å². The first kappa shape index (κ1) is 42.0. The van der Waals surface area contributed by atoms with Gasteiger partial charge in [-0.15, -0.1) is 0 Å². The number of nitrogens with two attached hydrogens (primary N) is 2. The second-order valence-electron chi connectivity index (χ2n) is 13.2. The average molecular weight is 777 g/mol. The fourth-order valence-electron chi connectivity index (χ4n) is 6.06. The van der Waals surface area contributed by atoms with Crippen LogP contribution in [0, 0.1) is 0 Å². The standard InChI is InChI=1S/C37H44N8O11/c38-23(9-12-30(46)47)34(53)44-28(15-19-17-40-24-7-3-1-5-21(19)24)37(56)43-27(11-14-32(50)51)35(54)45-29(16-20-18-41-25-8-4-2-6-22(20)25)36(55)42-26(33(39)52)10-13-31(48)49/h1-8,17-18,23,26-29,40-41H,9-16,38H2,(H2,39,52)(H,42,55)(H,43,56)(H,44,53)(H,45,54)(H,46,47)(H,48,49)(H,50,51)/t23-,26-,27-,28-,29-/m0/s1. The summed E-state index contributed by atoms with van der Waals surface area (Å²) < 4.78 is 0. The van der Waals surface area contributed by atoms with Crippen LogP contribution in [0.5, 0.6) is 0 Å². The first-order valence-electron chi connectivity index (χ1n) is 17.6.